The quantitative estimate of drug-likeness (QED) is 0.461. The van der Waals surface area contributed by atoms with E-state index >= 15 is 0 Å². The molecule has 156 valence electrons. The second-order valence-electron chi connectivity index (χ2n) is 6.90. The number of nitrogens with one attached hydrogen (secondary N) is 1. The van der Waals surface area contributed by atoms with Crippen LogP contribution in [0.3, 0.4) is 0 Å². The number of halogens is 1. The van der Waals surface area contributed by atoms with Crippen LogP contribution in [0.5, 0.6) is 0 Å². The molecule has 0 aliphatic rings. The number of benzene rings is 1. The minimum absolute atomic E-state index is 0.294. The predicted molar refractivity (Wildman–Crippen MR) is 111 cm³/mol. The van der Waals surface area contributed by atoms with E-state index in [9.17, 15) is 14.0 Å². The van der Waals surface area contributed by atoms with Crippen molar-refractivity contribution in [3.63, 3.8) is 0 Å². The van der Waals surface area contributed by atoms with Crippen molar-refractivity contribution in [2.24, 2.45) is 0 Å². The normalized spacial score (nSPS) is 12.1. The first-order chi connectivity index (χ1) is 14.3. The number of aromatic nitrogens is 1. The van der Waals surface area contributed by atoms with Crippen LogP contribution in [0.2, 0.25) is 0 Å². The number of rotatable bonds is 7. The second kappa shape index (κ2) is 9.26. The van der Waals surface area contributed by atoms with Gasteiger partial charge in [-0.1, -0.05) is 6.07 Å². The SMILES string of the molecule is Cc1cc(/C=C/C(=O)O[C@@H](C)C(=O)Nc2cccc(F)c2)c(C)n1Cc1ccco1. The number of carbonyl (C=O) groups excluding carboxylic acids is 2. The van der Waals surface area contributed by atoms with Crippen LogP contribution in [0.1, 0.15) is 29.6 Å². The Morgan fingerprint density at radius 1 is 1.23 bits per heavy atom. The largest absolute Gasteiger partial charge is 0.467 e. The van der Waals surface area contributed by atoms with Crippen LogP contribution in [0.15, 0.2) is 59.2 Å². The van der Waals surface area contributed by atoms with E-state index in [2.05, 4.69) is 9.88 Å². The smallest absolute Gasteiger partial charge is 0.331 e. The zero-order chi connectivity index (χ0) is 21.7. The van der Waals surface area contributed by atoms with Gasteiger partial charge in [0.1, 0.15) is 11.6 Å². The molecule has 0 unspecified atom stereocenters. The Kier molecular flexibility index (Phi) is 6.51. The Bertz CT molecular complexity index is 1070. The first-order valence-electron chi connectivity index (χ1n) is 9.47. The van der Waals surface area contributed by atoms with E-state index in [4.69, 9.17) is 9.15 Å². The Hall–Kier alpha value is -3.61. The standard InChI is InChI=1S/C23H23FN2O4/c1-15-12-18(16(2)26(15)14-21-8-5-11-29-21)9-10-22(27)30-17(3)23(28)25-20-7-4-6-19(24)13-20/h4-13,17H,14H2,1-3H3,(H,25,28)/b10-9+/t17-/m0/s1. The van der Waals surface area contributed by atoms with Gasteiger partial charge in [0.25, 0.3) is 5.91 Å². The summed E-state index contributed by atoms with van der Waals surface area (Å²) in [4.78, 5) is 24.3. The van der Waals surface area contributed by atoms with E-state index in [1.807, 2.05) is 32.0 Å². The van der Waals surface area contributed by atoms with Gasteiger partial charge in [-0.15, -0.1) is 0 Å². The maximum absolute atomic E-state index is 13.2. The number of nitrogens with zero attached hydrogens (tertiary/aromatic N) is 1. The maximum atomic E-state index is 13.2. The van der Waals surface area contributed by atoms with Crippen LogP contribution in [0.25, 0.3) is 6.08 Å². The minimum atomic E-state index is -1.03. The summed E-state index contributed by atoms with van der Waals surface area (Å²) in [6, 6.07) is 11.2. The van der Waals surface area contributed by atoms with Crippen LogP contribution in [-0.2, 0) is 20.9 Å². The van der Waals surface area contributed by atoms with Gasteiger partial charge in [0.2, 0.25) is 0 Å². The summed E-state index contributed by atoms with van der Waals surface area (Å²) < 4.78 is 25.8. The Morgan fingerprint density at radius 3 is 2.73 bits per heavy atom. The summed E-state index contributed by atoms with van der Waals surface area (Å²) in [5.41, 5.74) is 3.17. The minimum Gasteiger partial charge on any atom is -0.467 e. The number of esters is 1. The third-order valence-electron chi connectivity index (χ3n) is 4.66. The Morgan fingerprint density at radius 2 is 2.03 bits per heavy atom. The highest BCUT2D eigenvalue weighted by atomic mass is 19.1. The molecule has 0 aliphatic heterocycles. The van der Waals surface area contributed by atoms with E-state index in [0.29, 0.717) is 12.2 Å². The zero-order valence-corrected chi connectivity index (χ0v) is 17.0. The van der Waals surface area contributed by atoms with Gasteiger partial charge in [-0.2, -0.15) is 0 Å². The molecule has 0 saturated heterocycles. The van der Waals surface area contributed by atoms with Crippen molar-refractivity contribution in [1.29, 1.82) is 0 Å². The van der Waals surface area contributed by atoms with Gasteiger partial charge >= 0.3 is 5.97 Å². The van der Waals surface area contributed by atoms with E-state index in [1.54, 1.807) is 18.4 Å². The van der Waals surface area contributed by atoms with Gasteiger partial charge in [0.05, 0.1) is 12.8 Å². The molecule has 30 heavy (non-hydrogen) atoms. The van der Waals surface area contributed by atoms with E-state index in [-0.39, 0.29) is 0 Å². The summed E-state index contributed by atoms with van der Waals surface area (Å²) in [5, 5.41) is 2.51. The van der Waals surface area contributed by atoms with Gasteiger partial charge < -0.3 is 19.0 Å². The number of ether oxygens (including phenoxy) is 1. The molecule has 0 spiro atoms. The molecule has 1 N–H and O–H groups in total. The molecule has 7 heteroatoms. The monoisotopic (exact) mass is 410 g/mol. The summed E-state index contributed by atoms with van der Waals surface area (Å²) in [5.74, 6) is -0.818. The summed E-state index contributed by atoms with van der Waals surface area (Å²) >= 11 is 0. The molecule has 0 saturated carbocycles. The first-order valence-corrected chi connectivity index (χ1v) is 9.47. The molecule has 2 aromatic heterocycles. The molecule has 3 aromatic rings. The molecular weight excluding hydrogens is 387 g/mol. The topological polar surface area (TPSA) is 73.5 Å². The third kappa shape index (κ3) is 5.26. The fourth-order valence-electron chi connectivity index (χ4n) is 3.03. The Balaban J connectivity index is 1.59. The average molecular weight is 410 g/mol. The third-order valence-corrected chi connectivity index (χ3v) is 4.66. The number of carbonyl (C=O) groups is 2. The van der Waals surface area contributed by atoms with Gasteiger partial charge in [0, 0.05) is 23.2 Å². The zero-order valence-electron chi connectivity index (χ0n) is 17.0. The highest BCUT2D eigenvalue weighted by molar-refractivity contribution is 5.96. The Labute approximate surface area is 174 Å². The lowest BCUT2D eigenvalue weighted by Gasteiger charge is -2.12. The van der Waals surface area contributed by atoms with Gasteiger partial charge in [-0.25, -0.2) is 9.18 Å². The van der Waals surface area contributed by atoms with Crippen molar-refractivity contribution in [3.05, 3.63) is 83.3 Å². The lowest BCUT2D eigenvalue weighted by atomic mass is 10.2. The lowest BCUT2D eigenvalue weighted by Crippen LogP contribution is -2.29. The molecule has 0 radical (unpaired) electrons. The molecular formula is C23H23FN2O4. The van der Waals surface area contributed by atoms with Gasteiger partial charge in [0.15, 0.2) is 6.10 Å². The number of aryl methyl sites for hydroxylation is 1. The second-order valence-corrected chi connectivity index (χ2v) is 6.90. The van der Waals surface area contributed by atoms with Crippen molar-refractivity contribution in [1.82, 2.24) is 4.57 Å². The van der Waals surface area contributed by atoms with Crippen LogP contribution in [0.4, 0.5) is 10.1 Å². The summed E-state index contributed by atoms with van der Waals surface area (Å²) in [6.45, 7) is 5.98. The summed E-state index contributed by atoms with van der Waals surface area (Å²) in [6.07, 6.45) is 3.54. The van der Waals surface area contributed by atoms with E-state index in [1.165, 1.54) is 31.2 Å². The van der Waals surface area contributed by atoms with Crippen molar-refractivity contribution in [2.75, 3.05) is 5.32 Å². The predicted octanol–water partition coefficient (Wildman–Crippen LogP) is 4.47. The number of furan rings is 1. The lowest BCUT2D eigenvalue weighted by molar-refractivity contribution is -0.148. The average Bonchev–Trinajstić information content (AvgIpc) is 3.30. The molecule has 0 fully saturated rings. The number of anilines is 1. The molecule has 1 aromatic carbocycles. The van der Waals surface area contributed by atoms with Crippen molar-refractivity contribution in [3.8, 4) is 0 Å². The number of hydrogen-bond donors (Lipinski definition) is 1. The first kappa shape index (κ1) is 21.1. The van der Waals surface area contributed by atoms with Crippen LogP contribution in [-0.4, -0.2) is 22.5 Å². The molecule has 2 heterocycles. The highest BCUT2D eigenvalue weighted by Crippen LogP contribution is 2.19. The van der Waals surface area contributed by atoms with E-state index in [0.717, 1.165) is 22.7 Å². The highest BCUT2D eigenvalue weighted by Gasteiger charge is 2.17. The molecule has 1 atom stereocenters. The number of hydrogen-bond acceptors (Lipinski definition) is 4. The van der Waals surface area contributed by atoms with Crippen molar-refractivity contribution >= 4 is 23.6 Å². The maximum Gasteiger partial charge on any atom is 0.331 e. The fourth-order valence-corrected chi connectivity index (χ4v) is 3.03. The van der Waals surface area contributed by atoms with Crippen LogP contribution < -0.4 is 5.32 Å². The van der Waals surface area contributed by atoms with Crippen molar-refractivity contribution < 1.29 is 23.1 Å². The van der Waals surface area contributed by atoms with Gasteiger partial charge in [-0.3, -0.25) is 4.79 Å². The van der Waals surface area contributed by atoms with Gasteiger partial charge in [-0.05, 0) is 68.8 Å². The molecule has 0 bridgehead atoms. The fraction of sp³-hybridized carbons (Fsp3) is 0.217. The molecule has 0 aliphatic carbocycles. The molecule has 1 amide bonds. The van der Waals surface area contributed by atoms with E-state index < -0.39 is 23.8 Å². The van der Waals surface area contributed by atoms with Crippen LogP contribution in [0, 0.1) is 19.7 Å². The van der Waals surface area contributed by atoms with Crippen molar-refractivity contribution in [2.45, 2.75) is 33.4 Å². The molecule has 3 rings (SSSR count). The number of amides is 1. The summed E-state index contributed by atoms with van der Waals surface area (Å²) in [7, 11) is 0. The molecule has 6 nitrogen and oxygen atoms in total. The van der Waals surface area contributed by atoms with Crippen LogP contribution >= 0.6 is 0 Å².